The summed E-state index contributed by atoms with van der Waals surface area (Å²) in [5.74, 6) is 0.473. The first-order valence-electron chi connectivity index (χ1n) is 8.28. The third-order valence-corrected chi connectivity index (χ3v) is 4.77. The number of nitrogens with zero attached hydrogens (tertiary/aromatic N) is 2. The van der Waals surface area contributed by atoms with Crippen molar-refractivity contribution in [3.05, 3.63) is 79.1 Å². The molecule has 0 saturated heterocycles. The molecule has 1 amide bonds. The van der Waals surface area contributed by atoms with Crippen LogP contribution in [0.3, 0.4) is 0 Å². The first-order chi connectivity index (χ1) is 13.9. The Hall–Kier alpha value is -2.92. The summed E-state index contributed by atoms with van der Waals surface area (Å²) in [5, 5.41) is 17.9. The van der Waals surface area contributed by atoms with Crippen LogP contribution in [0.5, 0.6) is 0 Å². The number of benzene rings is 2. The van der Waals surface area contributed by atoms with Crippen molar-refractivity contribution in [1.29, 1.82) is 0 Å². The summed E-state index contributed by atoms with van der Waals surface area (Å²) < 4.78 is 6.69. The fourth-order valence-electron chi connectivity index (χ4n) is 2.34. The Morgan fingerprint density at radius 3 is 2.69 bits per heavy atom. The maximum atomic E-state index is 11.8. The number of rotatable bonds is 7. The molecule has 29 heavy (non-hydrogen) atoms. The summed E-state index contributed by atoms with van der Waals surface area (Å²) in [6, 6.07) is 15.3. The molecule has 2 aromatic carbocycles. The molecule has 0 aliphatic heterocycles. The largest absolute Gasteiger partial charge is 0.455 e. The number of anilines is 1. The zero-order valence-corrected chi connectivity index (χ0v) is 17.7. The van der Waals surface area contributed by atoms with Crippen LogP contribution in [0.1, 0.15) is 5.76 Å². The molecule has 0 radical (unpaired) electrons. The monoisotopic (exact) mass is 524 g/mol. The number of furan rings is 1. The van der Waals surface area contributed by atoms with Crippen molar-refractivity contribution in [2.45, 2.75) is 0 Å². The van der Waals surface area contributed by atoms with Gasteiger partial charge in [0, 0.05) is 20.9 Å². The standard InChI is InChI=1S/C19H14ClIN4O4/c20-16-7-1-12(9-17(16)25(27)28)18-8-6-15(29-18)10-23-24-19(26)11-22-14-4-2-13(21)3-5-14/h1-10,22H,11H2,(H,24,26)/b23-10-. The zero-order valence-electron chi connectivity index (χ0n) is 14.8. The number of carbonyl (C=O) groups is 1. The molecule has 1 aromatic heterocycles. The van der Waals surface area contributed by atoms with E-state index >= 15 is 0 Å². The van der Waals surface area contributed by atoms with Crippen molar-refractivity contribution in [1.82, 2.24) is 5.43 Å². The number of nitro benzene ring substituents is 1. The van der Waals surface area contributed by atoms with Crippen LogP contribution in [0, 0.1) is 13.7 Å². The molecule has 10 heteroatoms. The lowest BCUT2D eigenvalue weighted by Gasteiger charge is -2.04. The molecule has 0 aliphatic carbocycles. The van der Waals surface area contributed by atoms with Gasteiger partial charge in [-0.3, -0.25) is 14.9 Å². The molecule has 0 spiro atoms. The molecule has 148 valence electrons. The molecule has 0 saturated carbocycles. The van der Waals surface area contributed by atoms with Gasteiger partial charge in [-0.1, -0.05) is 11.6 Å². The first-order valence-corrected chi connectivity index (χ1v) is 9.73. The predicted molar refractivity (Wildman–Crippen MR) is 119 cm³/mol. The third-order valence-electron chi connectivity index (χ3n) is 3.73. The minimum absolute atomic E-state index is 0.0497. The maximum Gasteiger partial charge on any atom is 0.288 e. The van der Waals surface area contributed by atoms with Gasteiger partial charge in [0.25, 0.3) is 11.6 Å². The molecule has 0 bridgehead atoms. The highest BCUT2D eigenvalue weighted by atomic mass is 127. The van der Waals surface area contributed by atoms with Crippen LogP contribution in [0.15, 0.2) is 64.1 Å². The lowest BCUT2D eigenvalue weighted by molar-refractivity contribution is -0.384. The van der Waals surface area contributed by atoms with Gasteiger partial charge in [0.15, 0.2) is 0 Å². The van der Waals surface area contributed by atoms with Crippen molar-refractivity contribution >= 4 is 57.7 Å². The van der Waals surface area contributed by atoms with Crippen molar-refractivity contribution in [3.63, 3.8) is 0 Å². The normalized spacial score (nSPS) is 10.8. The summed E-state index contributed by atoms with van der Waals surface area (Å²) in [4.78, 5) is 22.3. The zero-order chi connectivity index (χ0) is 20.8. The molecule has 0 aliphatic rings. The average Bonchev–Trinajstić information content (AvgIpc) is 3.16. The number of amides is 1. The second-order valence-corrected chi connectivity index (χ2v) is 7.43. The Kier molecular flexibility index (Phi) is 6.83. The van der Waals surface area contributed by atoms with Crippen LogP contribution in [-0.2, 0) is 4.79 Å². The molecule has 2 N–H and O–H groups in total. The Morgan fingerprint density at radius 2 is 1.97 bits per heavy atom. The first kappa shape index (κ1) is 20.8. The van der Waals surface area contributed by atoms with E-state index in [0.29, 0.717) is 17.1 Å². The van der Waals surface area contributed by atoms with Crippen molar-refractivity contribution in [3.8, 4) is 11.3 Å². The van der Waals surface area contributed by atoms with E-state index in [1.807, 2.05) is 24.3 Å². The van der Waals surface area contributed by atoms with Crippen LogP contribution in [0.2, 0.25) is 5.02 Å². The summed E-state index contributed by atoms with van der Waals surface area (Å²) in [7, 11) is 0. The number of hydrogen-bond acceptors (Lipinski definition) is 6. The Labute approximate surface area is 184 Å². The molecule has 0 fully saturated rings. The van der Waals surface area contributed by atoms with E-state index in [1.165, 1.54) is 18.3 Å². The third kappa shape index (κ3) is 5.78. The molecule has 3 aromatic rings. The summed E-state index contributed by atoms with van der Waals surface area (Å²) >= 11 is 8.02. The summed E-state index contributed by atoms with van der Waals surface area (Å²) in [5.41, 5.74) is 3.52. The number of halogens is 2. The quantitative estimate of drug-likeness (QED) is 0.202. The average molecular weight is 525 g/mol. The van der Waals surface area contributed by atoms with Crippen LogP contribution < -0.4 is 10.7 Å². The lowest BCUT2D eigenvalue weighted by atomic mass is 10.1. The van der Waals surface area contributed by atoms with Crippen molar-refractivity contribution in [2.24, 2.45) is 5.10 Å². The number of hydrazone groups is 1. The topological polar surface area (TPSA) is 110 Å². The van der Waals surface area contributed by atoms with Gasteiger partial charge in [-0.25, -0.2) is 5.43 Å². The highest BCUT2D eigenvalue weighted by Crippen LogP contribution is 2.30. The maximum absolute atomic E-state index is 11.8. The van der Waals surface area contributed by atoms with Crippen molar-refractivity contribution < 1.29 is 14.1 Å². The van der Waals surface area contributed by atoms with Gasteiger partial charge < -0.3 is 9.73 Å². The van der Waals surface area contributed by atoms with E-state index in [0.717, 1.165) is 9.26 Å². The SMILES string of the molecule is O=C(CNc1ccc(I)cc1)N/N=C\c1ccc(-c2ccc(Cl)c([N+](=O)[O-])c2)o1. The highest BCUT2D eigenvalue weighted by Gasteiger charge is 2.15. The van der Waals surface area contributed by atoms with E-state index in [9.17, 15) is 14.9 Å². The lowest BCUT2D eigenvalue weighted by Crippen LogP contribution is -2.25. The molecule has 8 nitrogen and oxygen atoms in total. The number of carbonyl (C=O) groups excluding carboxylic acids is 1. The Bertz CT molecular complexity index is 1070. The van der Waals surface area contributed by atoms with Gasteiger partial charge >= 0.3 is 0 Å². The molecule has 0 atom stereocenters. The van der Waals surface area contributed by atoms with E-state index in [-0.39, 0.29) is 23.2 Å². The molecular formula is C19H14ClIN4O4. The molecule has 0 unspecified atom stereocenters. The van der Waals surface area contributed by atoms with Crippen LogP contribution >= 0.6 is 34.2 Å². The van der Waals surface area contributed by atoms with E-state index in [4.69, 9.17) is 16.0 Å². The smallest absolute Gasteiger partial charge is 0.288 e. The predicted octanol–water partition coefficient (Wildman–Crippen LogP) is 4.68. The van der Waals surface area contributed by atoms with E-state index in [1.54, 1.807) is 18.2 Å². The summed E-state index contributed by atoms with van der Waals surface area (Å²) in [6.07, 6.45) is 1.34. The van der Waals surface area contributed by atoms with Crippen LogP contribution in [0.25, 0.3) is 11.3 Å². The van der Waals surface area contributed by atoms with Gasteiger partial charge in [-0.2, -0.15) is 5.10 Å². The minimum Gasteiger partial charge on any atom is -0.455 e. The summed E-state index contributed by atoms with van der Waals surface area (Å²) in [6.45, 7) is 0.0653. The van der Waals surface area contributed by atoms with E-state index < -0.39 is 4.92 Å². The van der Waals surface area contributed by atoms with Gasteiger partial charge in [-0.15, -0.1) is 0 Å². The van der Waals surface area contributed by atoms with E-state index in [2.05, 4.69) is 38.4 Å². The van der Waals surface area contributed by atoms with Crippen LogP contribution in [0.4, 0.5) is 11.4 Å². The second-order valence-electron chi connectivity index (χ2n) is 5.78. The Morgan fingerprint density at radius 1 is 1.21 bits per heavy atom. The number of nitrogens with one attached hydrogen (secondary N) is 2. The second kappa shape index (κ2) is 9.52. The van der Waals surface area contributed by atoms with Gasteiger partial charge in [0.2, 0.25) is 0 Å². The molecular weight excluding hydrogens is 511 g/mol. The van der Waals surface area contributed by atoms with Crippen molar-refractivity contribution in [2.75, 3.05) is 11.9 Å². The number of hydrogen-bond donors (Lipinski definition) is 2. The minimum atomic E-state index is -0.559. The van der Waals surface area contributed by atoms with Gasteiger partial charge in [0.1, 0.15) is 16.5 Å². The van der Waals surface area contributed by atoms with Gasteiger partial charge in [-0.05, 0) is 71.1 Å². The fraction of sp³-hybridized carbons (Fsp3) is 0.0526. The van der Waals surface area contributed by atoms with Gasteiger partial charge in [0.05, 0.1) is 17.7 Å². The van der Waals surface area contributed by atoms with Crippen LogP contribution in [-0.4, -0.2) is 23.6 Å². The molecule has 3 rings (SSSR count). The Balaban J connectivity index is 1.56. The number of nitro groups is 1. The highest BCUT2D eigenvalue weighted by molar-refractivity contribution is 14.1. The fourth-order valence-corrected chi connectivity index (χ4v) is 2.89. The molecule has 1 heterocycles.